The van der Waals surface area contributed by atoms with Crippen LogP contribution in [0.25, 0.3) is 16.2 Å². The molecule has 2 heterocycles. The Balaban J connectivity index is 1.81. The monoisotopic (exact) mass is 443 g/mol. The zero-order valence-electron chi connectivity index (χ0n) is 16.3. The molecule has 2 aromatic carbocycles. The van der Waals surface area contributed by atoms with Crippen molar-refractivity contribution in [3.63, 3.8) is 0 Å². The Morgan fingerprint density at radius 2 is 1.94 bits per heavy atom. The number of aromatic nitrogens is 2. The number of thiazole rings is 1. The summed E-state index contributed by atoms with van der Waals surface area (Å²) in [5.41, 5.74) is -0.181. The minimum Gasteiger partial charge on any atom is -0.497 e. The minimum atomic E-state index is -0.958. The second kappa shape index (κ2) is 8.15. The number of fused-ring (bicyclic) bond motifs is 1. The summed E-state index contributed by atoms with van der Waals surface area (Å²) in [6.07, 6.45) is 1.12. The van der Waals surface area contributed by atoms with Gasteiger partial charge in [0.05, 0.1) is 25.6 Å². The summed E-state index contributed by atoms with van der Waals surface area (Å²) in [7, 11) is 3.01. The summed E-state index contributed by atoms with van der Waals surface area (Å²) in [6.45, 7) is 0. The van der Waals surface area contributed by atoms with Gasteiger partial charge in [-0.1, -0.05) is 0 Å². The molecule has 2 aromatic heterocycles. The lowest BCUT2D eigenvalue weighted by molar-refractivity contribution is 0.102. The lowest BCUT2D eigenvalue weighted by Crippen LogP contribution is -2.26. The molecule has 31 heavy (non-hydrogen) atoms. The molecule has 0 fully saturated rings. The number of carbonyl (C=O) groups is 1. The van der Waals surface area contributed by atoms with Crippen LogP contribution in [0.15, 0.2) is 52.8 Å². The van der Waals surface area contributed by atoms with Gasteiger partial charge in [-0.05, 0) is 30.3 Å². The molecule has 0 aliphatic rings. The molecule has 0 aliphatic heterocycles. The fourth-order valence-corrected chi connectivity index (χ4v) is 3.88. The molecule has 158 valence electrons. The second-order valence-corrected chi connectivity index (χ2v) is 7.20. The predicted molar refractivity (Wildman–Crippen MR) is 112 cm³/mol. The molecular weight excluding hydrogens is 428 g/mol. The van der Waals surface area contributed by atoms with Crippen LogP contribution in [0.2, 0.25) is 0 Å². The summed E-state index contributed by atoms with van der Waals surface area (Å²) in [6, 6.07) is 7.82. The second-order valence-electron chi connectivity index (χ2n) is 6.36. The highest BCUT2D eigenvalue weighted by Gasteiger charge is 2.20. The van der Waals surface area contributed by atoms with Crippen molar-refractivity contribution in [2.45, 2.75) is 0 Å². The van der Waals surface area contributed by atoms with Crippen LogP contribution in [0.5, 0.6) is 11.5 Å². The molecule has 0 atom stereocenters. The number of benzene rings is 2. The molecule has 4 rings (SSSR count). The van der Waals surface area contributed by atoms with Crippen molar-refractivity contribution in [3.05, 3.63) is 75.5 Å². The zero-order chi connectivity index (χ0) is 22.1. The average Bonchev–Trinajstić information content (AvgIpc) is 3.20. The number of carbonyl (C=O) groups excluding carboxylic acids is 1. The van der Waals surface area contributed by atoms with E-state index in [1.54, 1.807) is 23.6 Å². The number of rotatable bonds is 5. The lowest BCUT2D eigenvalue weighted by Gasteiger charge is -2.11. The van der Waals surface area contributed by atoms with Gasteiger partial charge in [0.15, 0.2) is 4.96 Å². The van der Waals surface area contributed by atoms with Gasteiger partial charge in [0.2, 0.25) is 0 Å². The molecule has 10 heteroatoms. The van der Waals surface area contributed by atoms with Gasteiger partial charge in [0, 0.05) is 23.2 Å². The van der Waals surface area contributed by atoms with E-state index in [1.807, 2.05) is 0 Å². The summed E-state index contributed by atoms with van der Waals surface area (Å²) in [5, 5.41) is 3.99. The SMILES string of the molecule is COc1ccc(OC)c(-c2csc3ncc(C(=O)Nc4ccc(F)cc4F)c(=O)n23)c1. The molecule has 7 nitrogen and oxygen atoms in total. The number of halogens is 2. The number of anilines is 1. The molecule has 0 spiro atoms. The number of nitrogens with one attached hydrogen (secondary N) is 1. The van der Waals surface area contributed by atoms with Crippen molar-refractivity contribution in [3.8, 4) is 22.8 Å². The van der Waals surface area contributed by atoms with Crippen molar-refractivity contribution >= 4 is 27.9 Å². The van der Waals surface area contributed by atoms with Crippen molar-refractivity contribution in [1.82, 2.24) is 9.38 Å². The van der Waals surface area contributed by atoms with Crippen LogP contribution in [0.3, 0.4) is 0 Å². The maximum absolute atomic E-state index is 13.9. The molecule has 1 N–H and O–H groups in total. The quantitative estimate of drug-likeness (QED) is 0.505. The maximum atomic E-state index is 13.9. The molecule has 0 unspecified atom stereocenters. The van der Waals surface area contributed by atoms with Gasteiger partial charge in [-0.3, -0.25) is 14.0 Å². The Kier molecular flexibility index (Phi) is 5.38. The summed E-state index contributed by atoms with van der Waals surface area (Å²) in [5.74, 6) is -1.56. The maximum Gasteiger partial charge on any atom is 0.271 e. The van der Waals surface area contributed by atoms with Gasteiger partial charge < -0.3 is 14.8 Å². The van der Waals surface area contributed by atoms with E-state index in [4.69, 9.17) is 9.47 Å². The van der Waals surface area contributed by atoms with Crippen molar-refractivity contribution in [2.24, 2.45) is 0 Å². The van der Waals surface area contributed by atoms with E-state index in [2.05, 4.69) is 10.3 Å². The molecule has 4 aromatic rings. The number of ether oxygens (including phenoxy) is 2. The van der Waals surface area contributed by atoms with Crippen LogP contribution in [0.1, 0.15) is 10.4 Å². The summed E-state index contributed by atoms with van der Waals surface area (Å²) < 4.78 is 38.9. The molecular formula is C21H15F2N3O4S. The van der Waals surface area contributed by atoms with Gasteiger partial charge in [-0.2, -0.15) is 0 Å². The van der Waals surface area contributed by atoms with E-state index < -0.39 is 23.1 Å². The Labute approximate surface area is 178 Å². The van der Waals surface area contributed by atoms with Gasteiger partial charge in [-0.25, -0.2) is 13.8 Å². The molecule has 1 amide bonds. The fraction of sp³-hybridized carbons (Fsp3) is 0.0952. The predicted octanol–water partition coefficient (Wildman–Crippen LogP) is 3.97. The molecule has 0 saturated heterocycles. The lowest BCUT2D eigenvalue weighted by atomic mass is 10.1. The van der Waals surface area contributed by atoms with E-state index in [-0.39, 0.29) is 11.3 Å². The molecule has 0 bridgehead atoms. The van der Waals surface area contributed by atoms with Crippen LogP contribution in [0.4, 0.5) is 14.5 Å². The Bertz CT molecular complexity index is 1370. The minimum absolute atomic E-state index is 0.254. The molecule has 0 radical (unpaired) electrons. The standard InChI is InChI=1S/C21H15F2N3O4S/c1-29-12-4-6-18(30-2)13(8-12)17-10-31-21-24-9-14(20(28)26(17)21)19(27)25-16-5-3-11(22)7-15(16)23/h3-10H,1-2H3,(H,25,27). The van der Waals surface area contributed by atoms with Crippen LogP contribution in [-0.2, 0) is 0 Å². The van der Waals surface area contributed by atoms with E-state index in [0.717, 1.165) is 18.3 Å². The third-order valence-corrected chi connectivity index (χ3v) is 5.39. The highest BCUT2D eigenvalue weighted by molar-refractivity contribution is 7.15. The number of methoxy groups -OCH3 is 2. The fourth-order valence-electron chi connectivity index (χ4n) is 3.03. The first-order valence-electron chi connectivity index (χ1n) is 8.91. The molecule has 0 saturated carbocycles. The van der Waals surface area contributed by atoms with Crippen LogP contribution < -0.4 is 20.3 Å². The number of hydrogen-bond donors (Lipinski definition) is 1. The van der Waals surface area contributed by atoms with Gasteiger partial charge in [0.25, 0.3) is 11.5 Å². The van der Waals surface area contributed by atoms with E-state index in [1.165, 1.54) is 30.0 Å². The molecule has 0 aliphatic carbocycles. The van der Waals surface area contributed by atoms with E-state index in [9.17, 15) is 18.4 Å². The number of nitrogens with zero attached hydrogens (tertiary/aromatic N) is 2. The van der Waals surface area contributed by atoms with Crippen LogP contribution >= 0.6 is 11.3 Å². The number of amides is 1. The van der Waals surface area contributed by atoms with Gasteiger partial charge >= 0.3 is 0 Å². The number of hydrogen-bond acceptors (Lipinski definition) is 6. The highest BCUT2D eigenvalue weighted by Crippen LogP contribution is 2.35. The highest BCUT2D eigenvalue weighted by atomic mass is 32.1. The normalized spacial score (nSPS) is 10.8. The Morgan fingerprint density at radius 3 is 2.65 bits per heavy atom. The zero-order valence-corrected chi connectivity index (χ0v) is 17.1. The Hall–Kier alpha value is -3.79. The first-order chi connectivity index (χ1) is 14.9. The van der Waals surface area contributed by atoms with Crippen molar-refractivity contribution in [1.29, 1.82) is 0 Å². The van der Waals surface area contributed by atoms with E-state index in [0.29, 0.717) is 33.8 Å². The van der Waals surface area contributed by atoms with Crippen LogP contribution in [-0.4, -0.2) is 29.5 Å². The largest absolute Gasteiger partial charge is 0.497 e. The first-order valence-corrected chi connectivity index (χ1v) is 9.79. The van der Waals surface area contributed by atoms with Gasteiger partial charge in [-0.15, -0.1) is 11.3 Å². The van der Waals surface area contributed by atoms with Crippen molar-refractivity contribution in [2.75, 3.05) is 19.5 Å². The third-order valence-electron chi connectivity index (χ3n) is 4.55. The van der Waals surface area contributed by atoms with Crippen molar-refractivity contribution < 1.29 is 23.0 Å². The third kappa shape index (κ3) is 3.73. The van der Waals surface area contributed by atoms with Gasteiger partial charge in [0.1, 0.15) is 28.7 Å². The van der Waals surface area contributed by atoms with E-state index >= 15 is 0 Å². The Morgan fingerprint density at radius 1 is 1.13 bits per heavy atom. The average molecular weight is 443 g/mol. The first kappa shape index (κ1) is 20.5. The smallest absolute Gasteiger partial charge is 0.271 e. The summed E-state index contributed by atoms with van der Waals surface area (Å²) >= 11 is 1.21. The topological polar surface area (TPSA) is 81.9 Å². The van der Waals surface area contributed by atoms with Crippen LogP contribution in [0, 0.1) is 11.6 Å². The summed E-state index contributed by atoms with van der Waals surface area (Å²) in [4.78, 5) is 30.3.